The molecule has 1 radical (unpaired) electrons. The first-order valence-corrected chi connectivity index (χ1v) is 4.00. The standard InChI is InChI=1S/C9H11N2/c1-2-8(6-10-4-1)9-3-5-11-7-9/h1-2,4,9,11H,3,5,7H2. The van der Waals surface area contributed by atoms with Crippen molar-refractivity contribution in [2.24, 2.45) is 0 Å². The van der Waals surface area contributed by atoms with Crippen LogP contribution in [-0.2, 0) is 0 Å². The maximum absolute atomic E-state index is 3.98. The second-order valence-corrected chi connectivity index (χ2v) is 2.89. The maximum Gasteiger partial charge on any atom is 0.0924 e. The Morgan fingerprint density at radius 1 is 1.64 bits per heavy atom. The molecule has 0 bridgehead atoms. The number of pyridine rings is 1. The minimum Gasteiger partial charge on any atom is -0.316 e. The van der Waals surface area contributed by atoms with E-state index < -0.39 is 0 Å². The third kappa shape index (κ3) is 1.40. The smallest absolute Gasteiger partial charge is 0.0924 e. The molecule has 2 rings (SSSR count). The van der Waals surface area contributed by atoms with Gasteiger partial charge in [0.2, 0.25) is 0 Å². The largest absolute Gasteiger partial charge is 0.316 e. The molecule has 1 unspecified atom stereocenters. The summed E-state index contributed by atoms with van der Waals surface area (Å²) in [7, 11) is 0. The van der Waals surface area contributed by atoms with Crippen LogP contribution in [0.3, 0.4) is 0 Å². The molecule has 2 nitrogen and oxygen atoms in total. The van der Waals surface area contributed by atoms with Crippen LogP contribution in [0.4, 0.5) is 0 Å². The Morgan fingerprint density at radius 2 is 2.64 bits per heavy atom. The molecule has 2 heterocycles. The van der Waals surface area contributed by atoms with E-state index in [1.807, 2.05) is 6.07 Å². The highest BCUT2D eigenvalue weighted by Gasteiger charge is 2.15. The summed E-state index contributed by atoms with van der Waals surface area (Å²) in [5.41, 5.74) is 1.25. The second kappa shape index (κ2) is 3.01. The summed E-state index contributed by atoms with van der Waals surface area (Å²) < 4.78 is 0. The van der Waals surface area contributed by atoms with Crippen molar-refractivity contribution < 1.29 is 0 Å². The zero-order valence-corrected chi connectivity index (χ0v) is 6.38. The lowest BCUT2D eigenvalue weighted by atomic mass is 10.0. The zero-order chi connectivity index (χ0) is 7.52. The van der Waals surface area contributed by atoms with E-state index in [4.69, 9.17) is 0 Å². The van der Waals surface area contributed by atoms with E-state index in [-0.39, 0.29) is 0 Å². The lowest BCUT2D eigenvalue weighted by molar-refractivity contribution is 0.757. The van der Waals surface area contributed by atoms with E-state index in [1.54, 1.807) is 6.20 Å². The van der Waals surface area contributed by atoms with Gasteiger partial charge in [-0.2, -0.15) is 0 Å². The summed E-state index contributed by atoms with van der Waals surface area (Å²) in [5.74, 6) is 0.642. The van der Waals surface area contributed by atoms with Gasteiger partial charge in [0, 0.05) is 12.7 Å². The molecular weight excluding hydrogens is 136 g/mol. The molecule has 1 saturated heterocycles. The Kier molecular flexibility index (Phi) is 1.86. The Balaban J connectivity index is 2.16. The summed E-state index contributed by atoms with van der Waals surface area (Å²) in [6, 6.07) is 4.08. The van der Waals surface area contributed by atoms with Crippen LogP contribution >= 0.6 is 0 Å². The highest BCUT2D eigenvalue weighted by atomic mass is 14.9. The maximum atomic E-state index is 3.98. The average Bonchev–Trinajstić information content (AvgIpc) is 2.58. The molecule has 0 spiro atoms. The number of aromatic nitrogens is 1. The van der Waals surface area contributed by atoms with Gasteiger partial charge in [-0.25, -0.2) is 0 Å². The molecule has 1 fully saturated rings. The lowest BCUT2D eigenvalue weighted by Gasteiger charge is -2.05. The fraction of sp³-hybridized carbons (Fsp3) is 0.444. The van der Waals surface area contributed by atoms with Gasteiger partial charge in [0.1, 0.15) is 0 Å². The van der Waals surface area contributed by atoms with E-state index in [0.29, 0.717) is 5.92 Å². The molecule has 11 heavy (non-hydrogen) atoms. The summed E-state index contributed by atoms with van der Waals surface area (Å²) in [6.45, 7) is 2.22. The molecular formula is C9H11N2. The van der Waals surface area contributed by atoms with Gasteiger partial charge < -0.3 is 5.32 Å². The summed E-state index contributed by atoms with van der Waals surface area (Å²) in [4.78, 5) is 3.98. The molecule has 1 N–H and O–H groups in total. The zero-order valence-electron chi connectivity index (χ0n) is 6.38. The van der Waals surface area contributed by atoms with Crippen molar-refractivity contribution in [2.75, 3.05) is 13.1 Å². The predicted octanol–water partition coefficient (Wildman–Crippen LogP) is 0.959. The van der Waals surface area contributed by atoms with Crippen molar-refractivity contribution >= 4 is 0 Å². The number of hydrogen-bond acceptors (Lipinski definition) is 2. The molecule has 0 aromatic carbocycles. The Hall–Kier alpha value is -0.890. The Bertz CT molecular complexity index is 214. The molecule has 1 aliphatic heterocycles. The first-order valence-electron chi connectivity index (χ1n) is 4.00. The van der Waals surface area contributed by atoms with Gasteiger partial charge in [-0.15, -0.1) is 0 Å². The van der Waals surface area contributed by atoms with Crippen molar-refractivity contribution in [3.05, 3.63) is 30.1 Å². The van der Waals surface area contributed by atoms with E-state index in [0.717, 1.165) is 13.1 Å². The molecule has 57 valence electrons. The average molecular weight is 147 g/mol. The highest BCUT2D eigenvalue weighted by Crippen LogP contribution is 2.19. The van der Waals surface area contributed by atoms with Crippen molar-refractivity contribution in [2.45, 2.75) is 12.3 Å². The minimum absolute atomic E-state index is 0.642. The van der Waals surface area contributed by atoms with Gasteiger partial charge in [-0.3, -0.25) is 4.98 Å². The minimum atomic E-state index is 0.642. The molecule has 1 aromatic rings. The van der Waals surface area contributed by atoms with Crippen LogP contribution in [0.5, 0.6) is 0 Å². The van der Waals surface area contributed by atoms with Crippen molar-refractivity contribution in [1.29, 1.82) is 0 Å². The first-order chi connectivity index (χ1) is 5.47. The molecule has 1 aromatic heterocycles. The topological polar surface area (TPSA) is 24.9 Å². The van der Waals surface area contributed by atoms with Crippen molar-refractivity contribution in [3.8, 4) is 0 Å². The van der Waals surface area contributed by atoms with Crippen LogP contribution in [-0.4, -0.2) is 18.1 Å². The molecule has 1 aliphatic rings. The van der Waals surface area contributed by atoms with Crippen LogP contribution in [0, 0.1) is 6.20 Å². The molecule has 2 heteroatoms. The van der Waals surface area contributed by atoms with Crippen LogP contribution in [0.1, 0.15) is 17.9 Å². The predicted molar refractivity (Wildman–Crippen MR) is 43.3 cm³/mol. The SMILES string of the molecule is [c]1ncccc1C1CCNC1. The second-order valence-electron chi connectivity index (χ2n) is 2.89. The molecule has 0 saturated carbocycles. The normalized spacial score (nSPS) is 23.8. The van der Waals surface area contributed by atoms with E-state index in [1.165, 1.54) is 12.0 Å². The van der Waals surface area contributed by atoms with E-state index in [9.17, 15) is 0 Å². The van der Waals surface area contributed by atoms with Gasteiger partial charge >= 0.3 is 0 Å². The third-order valence-corrected chi connectivity index (χ3v) is 2.13. The van der Waals surface area contributed by atoms with Crippen LogP contribution < -0.4 is 5.32 Å². The highest BCUT2D eigenvalue weighted by molar-refractivity contribution is 5.15. The fourth-order valence-electron chi connectivity index (χ4n) is 1.49. The van der Waals surface area contributed by atoms with Gasteiger partial charge in [0.15, 0.2) is 0 Å². The van der Waals surface area contributed by atoms with Crippen molar-refractivity contribution in [1.82, 2.24) is 10.3 Å². The number of rotatable bonds is 1. The first kappa shape index (κ1) is 6.80. The number of nitrogens with one attached hydrogen (secondary N) is 1. The Labute approximate surface area is 66.7 Å². The van der Waals surface area contributed by atoms with Crippen molar-refractivity contribution in [3.63, 3.8) is 0 Å². The van der Waals surface area contributed by atoms with Crippen LogP contribution in [0.15, 0.2) is 18.3 Å². The van der Waals surface area contributed by atoms with Crippen LogP contribution in [0.25, 0.3) is 0 Å². The Morgan fingerprint density at radius 3 is 3.27 bits per heavy atom. The molecule has 0 aliphatic carbocycles. The van der Waals surface area contributed by atoms with E-state index in [2.05, 4.69) is 22.6 Å². The monoisotopic (exact) mass is 147 g/mol. The van der Waals surface area contributed by atoms with Gasteiger partial charge in [0.05, 0.1) is 6.20 Å². The molecule has 1 atom stereocenters. The fourth-order valence-corrected chi connectivity index (χ4v) is 1.49. The van der Waals surface area contributed by atoms with E-state index >= 15 is 0 Å². The third-order valence-electron chi connectivity index (χ3n) is 2.13. The summed E-state index contributed by atoms with van der Waals surface area (Å²) >= 11 is 0. The summed E-state index contributed by atoms with van der Waals surface area (Å²) in [5, 5.41) is 3.32. The summed E-state index contributed by atoms with van der Waals surface area (Å²) in [6.07, 6.45) is 6.01. The lowest BCUT2D eigenvalue weighted by Crippen LogP contribution is -2.07. The van der Waals surface area contributed by atoms with Gasteiger partial charge in [0.25, 0.3) is 0 Å². The number of nitrogens with zero attached hydrogens (tertiary/aromatic N) is 1. The van der Waals surface area contributed by atoms with Gasteiger partial charge in [-0.05, 0) is 30.5 Å². The van der Waals surface area contributed by atoms with Crippen LogP contribution in [0.2, 0.25) is 0 Å². The van der Waals surface area contributed by atoms with Gasteiger partial charge in [-0.1, -0.05) is 6.07 Å². The quantitative estimate of drug-likeness (QED) is 0.640. The molecule has 0 amide bonds. The number of hydrogen-bond donors (Lipinski definition) is 1.